The van der Waals surface area contributed by atoms with Crippen LogP contribution in [-0.2, 0) is 9.84 Å². The number of sulfone groups is 1. The molecule has 0 amide bonds. The third-order valence-corrected chi connectivity index (χ3v) is 5.08. The molecule has 4 heteroatoms. The molecule has 2 aromatic rings. The van der Waals surface area contributed by atoms with Crippen LogP contribution in [0.1, 0.15) is 36.0 Å². The lowest BCUT2D eigenvalue weighted by Gasteiger charge is -2.09. The predicted molar refractivity (Wildman–Crippen MR) is 89.2 cm³/mol. The van der Waals surface area contributed by atoms with E-state index in [1.807, 2.05) is 6.07 Å². The molecule has 0 saturated heterocycles. The second-order valence-electron chi connectivity index (χ2n) is 5.83. The number of nitrogens with zero attached hydrogens (tertiary/aromatic N) is 1. The first-order valence-corrected chi connectivity index (χ1v) is 9.30. The third-order valence-electron chi connectivity index (χ3n) is 4.08. The fraction of sp³-hybridized carbons (Fsp3) is 0.278. The molecular formula is C18H19NO2S. The van der Waals surface area contributed by atoms with Crippen molar-refractivity contribution in [1.29, 1.82) is 0 Å². The van der Waals surface area contributed by atoms with E-state index in [-0.39, 0.29) is 5.03 Å². The molecule has 0 unspecified atom stereocenters. The standard InChI is InChI=1S/C18H19NO2S/c1-13-6-8-14(9-7-13)16-4-3-5-17(16)15-10-11-18(19-12-15)22(2,20)21/h6-12H,3-5H2,1-2H3. The van der Waals surface area contributed by atoms with E-state index in [2.05, 4.69) is 36.2 Å². The van der Waals surface area contributed by atoms with Gasteiger partial charge in [-0.25, -0.2) is 13.4 Å². The normalized spacial score (nSPS) is 15.4. The van der Waals surface area contributed by atoms with E-state index < -0.39 is 9.84 Å². The van der Waals surface area contributed by atoms with Crippen LogP contribution in [0.2, 0.25) is 0 Å². The van der Waals surface area contributed by atoms with Gasteiger partial charge in [-0.05, 0) is 54.5 Å². The van der Waals surface area contributed by atoms with Crippen molar-refractivity contribution in [2.75, 3.05) is 6.26 Å². The smallest absolute Gasteiger partial charge is 0.192 e. The van der Waals surface area contributed by atoms with Gasteiger partial charge in [0.1, 0.15) is 0 Å². The molecule has 0 fully saturated rings. The first kappa shape index (κ1) is 15.0. The minimum atomic E-state index is -3.24. The Morgan fingerprint density at radius 3 is 2.05 bits per heavy atom. The lowest BCUT2D eigenvalue weighted by Crippen LogP contribution is -2.00. The second-order valence-corrected chi connectivity index (χ2v) is 7.80. The molecule has 0 spiro atoms. The molecule has 0 radical (unpaired) electrons. The summed E-state index contributed by atoms with van der Waals surface area (Å²) in [6.45, 7) is 2.08. The van der Waals surface area contributed by atoms with E-state index in [0.717, 1.165) is 24.8 Å². The van der Waals surface area contributed by atoms with Crippen LogP contribution in [0.15, 0.2) is 47.6 Å². The second kappa shape index (κ2) is 5.69. The summed E-state index contributed by atoms with van der Waals surface area (Å²) in [4.78, 5) is 4.11. The zero-order valence-corrected chi connectivity index (χ0v) is 13.7. The average molecular weight is 313 g/mol. The van der Waals surface area contributed by atoms with E-state index in [9.17, 15) is 8.42 Å². The van der Waals surface area contributed by atoms with Gasteiger partial charge in [0.15, 0.2) is 14.9 Å². The Morgan fingerprint density at radius 1 is 0.909 bits per heavy atom. The van der Waals surface area contributed by atoms with Crippen molar-refractivity contribution in [3.05, 3.63) is 59.3 Å². The van der Waals surface area contributed by atoms with Crippen LogP contribution in [0, 0.1) is 6.92 Å². The van der Waals surface area contributed by atoms with Crippen molar-refractivity contribution in [1.82, 2.24) is 4.98 Å². The quantitative estimate of drug-likeness (QED) is 0.863. The van der Waals surface area contributed by atoms with Gasteiger partial charge in [-0.15, -0.1) is 0 Å². The molecule has 1 aliphatic carbocycles. The molecule has 1 aromatic carbocycles. The van der Waals surface area contributed by atoms with Crippen LogP contribution >= 0.6 is 0 Å². The minimum absolute atomic E-state index is 0.131. The Hall–Kier alpha value is -1.94. The molecule has 3 rings (SSSR count). The SMILES string of the molecule is Cc1ccc(C2=C(c3ccc(S(C)(=O)=O)nc3)CCC2)cc1. The lowest BCUT2D eigenvalue weighted by atomic mass is 9.97. The first-order chi connectivity index (χ1) is 10.4. The predicted octanol–water partition coefficient (Wildman–Crippen LogP) is 3.89. The first-order valence-electron chi connectivity index (χ1n) is 7.41. The number of benzene rings is 1. The molecule has 0 aliphatic heterocycles. The Morgan fingerprint density at radius 2 is 1.50 bits per heavy atom. The molecule has 1 aliphatic rings. The number of hydrogen-bond acceptors (Lipinski definition) is 3. The maximum Gasteiger partial charge on any atom is 0.192 e. The number of rotatable bonds is 3. The molecule has 3 nitrogen and oxygen atoms in total. The highest BCUT2D eigenvalue weighted by atomic mass is 32.2. The van der Waals surface area contributed by atoms with E-state index in [1.165, 1.54) is 28.5 Å². The fourth-order valence-corrected chi connectivity index (χ4v) is 3.47. The largest absolute Gasteiger partial charge is 0.244 e. The Labute approximate surface area is 131 Å². The summed E-state index contributed by atoms with van der Waals surface area (Å²) in [5.41, 5.74) is 6.18. The van der Waals surface area contributed by atoms with Crippen LogP contribution < -0.4 is 0 Å². The number of aryl methyl sites for hydroxylation is 1. The monoisotopic (exact) mass is 313 g/mol. The Kier molecular flexibility index (Phi) is 3.87. The number of allylic oxidation sites excluding steroid dienone is 2. The molecule has 0 N–H and O–H groups in total. The maximum atomic E-state index is 11.5. The molecular weight excluding hydrogens is 294 g/mol. The minimum Gasteiger partial charge on any atom is -0.244 e. The van der Waals surface area contributed by atoms with Gasteiger partial charge in [-0.2, -0.15) is 0 Å². The van der Waals surface area contributed by atoms with Crippen LogP contribution in [0.4, 0.5) is 0 Å². The summed E-state index contributed by atoms with van der Waals surface area (Å²) < 4.78 is 23.0. The molecule has 0 bridgehead atoms. The average Bonchev–Trinajstić information content (AvgIpc) is 2.97. The Bertz CT molecular complexity index is 816. The van der Waals surface area contributed by atoms with E-state index in [0.29, 0.717) is 0 Å². The van der Waals surface area contributed by atoms with E-state index >= 15 is 0 Å². The zero-order valence-electron chi connectivity index (χ0n) is 12.8. The zero-order chi connectivity index (χ0) is 15.7. The fourth-order valence-electron chi connectivity index (χ4n) is 2.91. The summed E-state index contributed by atoms with van der Waals surface area (Å²) in [6.07, 6.45) is 6.08. The Balaban J connectivity index is 2.01. The van der Waals surface area contributed by atoms with Crippen LogP contribution in [-0.4, -0.2) is 19.7 Å². The number of hydrogen-bond donors (Lipinski definition) is 0. The molecule has 22 heavy (non-hydrogen) atoms. The van der Waals surface area contributed by atoms with Crippen molar-refractivity contribution < 1.29 is 8.42 Å². The lowest BCUT2D eigenvalue weighted by molar-refractivity contribution is 0.598. The summed E-state index contributed by atoms with van der Waals surface area (Å²) in [5.74, 6) is 0. The highest BCUT2D eigenvalue weighted by molar-refractivity contribution is 7.90. The number of aromatic nitrogens is 1. The van der Waals surface area contributed by atoms with Gasteiger partial charge < -0.3 is 0 Å². The summed E-state index contributed by atoms with van der Waals surface area (Å²) >= 11 is 0. The topological polar surface area (TPSA) is 47.0 Å². The highest BCUT2D eigenvalue weighted by Crippen LogP contribution is 2.39. The molecule has 114 valence electrons. The van der Waals surface area contributed by atoms with Gasteiger partial charge in [-0.1, -0.05) is 35.9 Å². The maximum absolute atomic E-state index is 11.5. The summed E-state index contributed by atoms with van der Waals surface area (Å²) in [5, 5.41) is 0.131. The molecule has 0 atom stereocenters. The third kappa shape index (κ3) is 2.97. The van der Waals surface area contributed by atoms with Gasteiger partial charge in [0.25, 0.3) is 0 Å². The van der Waals surface area contributed by atoms with Crippen LogP contribution in [0.3, 0.4) is 0 Å². The van der Waals surface area contributed by atoms with Crippen molar-refractivity contribution in [3.63, 3.8) is 0 Å². The molecule has 1 heterocycles. The van der Waals surface area contributed by atoms with Crippen molar-refractivity contribution in [3.8, 4) is 0 Å². The number of pyridine rings is 1. The van der Waals surface area contributed by atoms with Crippen molar-refractivity contribution in [2.45, 2.75) is 31.2 Å². The van der Waals surface area contributed by atoms with Gasteiger partial charge in [0, 0.05) is 12.5 Å². The highest BCUT2D eigenvalue weighted by Gasteiger charge is 2.18. The van der Waals surface area contributed by atoms with Gasteiger partial charge in [-0.3, -0.25) is 0 Å². The molecule has 1 aromatic heterocycles. The van der Waals surface area contributed by atoms with Crippen LogP contribution in [0.25, 0.3) is 11.1 Å². The van der Waals surface area contributed by atoms with E-state index in [1.54, 1.807) is 12.3 Å². The summed E-state index contributed by atoms with van der Waals surface area (Å²) in [7, 11) is -3.24. The summed E-state index contributed by atoms with van der Waals surface area (Å²) in [6, 6.07) is 12.1. The van der Waals surface area contributed by atoms with Gasteiger partial charge in [0.2, 0.25) is 0 Å². The van der Waals surface area contributed by atoms with Crippen LogP contribution in [0.5, 0.6) is 0 Å². The van der Waals surface area contributed by atoms with E-state index in [4.69, 9.17) is 0 Å². The van der Waals surface area contributed by atoms with Gasteiger partial charge in [0.05, 0.1) is 0 Å². The molecule has 0 saturated carbocycles. The van der Waals surface area contributed by atoms with Gasteiger partial charge >= 0.3 is 0 Å². The van der Waals surface area contributed by atoms with Crippen molar-refractivity contribution in [2.24, 2.45) is 0 Å². The van der Waals surface area contributed by atoms with Crippen molar-refractivity contribution >= 4 is 21.0 Å².